The number of carbonyl (C=O) groups excluding carboxylic acids is 1. The van der Waals surface area contributed by atoms with E-state index in [1.54, 1.807) is 7.05 Å². The zero-order valence-electron chi connectivity index (χ0n) is 17.3. The first-order valence-corrected chi connectivity index (χ1v) is 10.4. The standard InChI is InChI=1S/C23H25F4N3O/c1-29(15-16-12-18(23(25,26)27)14-19(24)13-16)21(31)22(30-10-8-28-9-11-30)7-6-17-4-2-3-5-20(17)22/h2-5,12-14,28H,6-11,15H2,1H3/t22-/m0/s1. The van der Waals surface area contributed by atoms with Gasteiger partial charge in [0.15, 0.2) is 0 Å². The number of fused-ring (bicyclic) bond motifs is 1. The van der Waals surface area contributed by atoms with Gasteiger partial charge in [0.05, 0.1) is 5.56 Å². The summed E-state index contributed by atoms with van der Waals surface area (Å²) in [4.78, 5) is 17.5. The van der Waals surface area contributed by atoms with Gasteiger partial charge in [0, 0.05) is 39.8 Å². The molecule has 1 saturated heterocycles. The Hall–Kier alpha value is -2.45. The van der Waals surface area contributed by atoms with Gasteiger partial charge < -0.3 is 10.2 Å². The quantitative estimate of drug-likeness (QED) is 0.747. The summed E-state index contributed by atoms with van der Waals surface area (Å²) in [6.45, 7) is 2.83. The predicted molar refractivity (Wildman–Crippen MR) is 109 cm³/mol. The number of amides is 1. The summed E-state index contributed by atoms with van der Waals surface area (Å²) >= 11 is 0. The van der Waals surface area contributed by atoms with Crippen molar-refractivity contribution in [1.82, 2.24) is 15.1 Å². The lowest BCUT2D eigenvalue weighted by atomic mass is 9.87. The van der Waals surface area contributed by atoms with Gasteiger partial charge >= 0.3 is 6.18 Å². The van der Waals surface area contributed by atoms with Crippen LogP contribution in [0.3, 0.4) is 0 Å². The minimum atomic E-state index is -4.65. The summed E-state index contributed by atoms with van der Waals surface area (Å²) in [6.07, 6.45) is -3.27. The van der Waals surface area contributed by atoms with Crippen LogP contribution in [0.25, 0.3) is 0 Å². The van der Waals surface area contributed by atoms with E-state index >= 15 is 0 Å². The highest BCUT2D eigenvalue weighted by atomic mass is 19.4. The molecule has 0 saturated carbocycles. The monoisotopic (exact) mass is 435 g/mol. The minimum absolute atomic E-state index is 0.102. The number of nitrogens with one attached hydrogen (secondary N) is 1. The number of nitrogens with zero attached hydrogens (tertiary/aromatic N) is 2. The Labute approximate surface area is 178 Å². The summed E-state index contributed by atoms with van der Waals surface area (Å²) in [6, 6.07) is 10.3. The molecule has 31 heavy (non-hydrogen) atoms. The fourth-order valence-corrected chi connectivity index (χ4v) is 4.89. The molecule has 2 aromatic carbocycles. The summed E-state index contributed by atoms with van der Waals surface area (Å²) in [7, 11) is 1.57. The number of benzene rings is 2. The van der Waals surface area contributed by atoms with Crippen LogP contribution in [0.2, 0.25) is 0 Å². The molecular weight excluding hydrogens is 410 g/mol. The second-order valence-electron chi connectivity index (χ2n) is 8.26. The van der Waals surface area contributed by atoms with Crippen molar-refractivity contribution < 1.29 is 22.4 Å². The highest BCUT2D eigenvalue weighted by Gasteiger charge is 2.51. The van der Waals surface area contributed by atoms with Gasteiger partial charge in [0.25, 0.3) is 0 Å². The van der Waals surface area contributed by atoms with Crippen LogP contribution >= 0.6 is 0 Å². The molecule has 1 atom stereocenters. The number of aryl methyl sites for hydroxylation is 1. The van der Waals surface area contributed by atoms with E-state index in [2.05, 4.69) is 10.2 Å². The molecule has 0 bridgehead atoms. The van der Waals surface area contributed by atoms with E-state index in [-0.39, 0.29) is 18.0 Å². The molecule has 1 N–H and O–H groups in total. The van der Waals surface area contributed by atoms with Crippen LogP contribution in [0.5, 0.6) is 0 Å². The largest absolute Gasteiger partial charge is 0.416 e. The Kier molecular flexibility index (Phi) is 5.79. The van der Waals surface area contributed by atoms with Gasteiger partial charge in [-0.15, -0.1) is 0 Å². The molecule has 166 valence electrons. The van der Waals surface area contributed by atoms with Gasteiger partial charge in [-0.05, 0) is 47.7 Å². The third-order valence-electron chi connectivity index (χ3n) is 6.28. The summed E-state index contributed by atoms with van der Waals surface area (Å²) in [5, 5.41) is 3.30. The number of hydrogen-bond acceptors (Lipinski definition) is 3. The minimum Gasteiger partial charge on any atom is -0.340 e. The molecule has 4 nitrogen and oxygen atoms in total. The smallest absolute Gasteiger partial charge is 0.340 e. The first-order chi connectivity index (χ1) is 14.7. The van der Waals surface area contributed by atoms with E-state index in [9.17, 15) is 22.4 Å². The third-order valence-corrected chi connectivity index (χ3v) is 6.28. The highest BCUT2D eigenvalue weighted by Crippen LogP contribution is 2.43. The second-order valence-corrected chi connectivity index (χ2v) is 8.26. The molecule has 2 aliphatic rings. The Bertz CT molecular complexity index is 972. The van der Waals surface area contributed by atoms with Crippen molar-refractivity contribution in [1.29, 1.82) is 0 Å². The van der Waals surface area contributed by atoms with E-state index < -0.39 is 23.1 Å². The van der Waals surface area contributed by atoms with Crippen molar-refractivity contribution in [2.24, 2.45) is 0 Å². The van der Waals surface area contributed by atoms with Crippen molar-refractivity contribution in [3.8, 4) is 0 Å². The number of halogens is 4. The third kappa shape index (κ3) is 4.06. The van der Waals surface area contributed by atoms with Crippen molar-refractivity contribution >= 4 is 5.91 Å². The SMILES string of the molecule is CN(Cc1cc(F)cc(C(F)(F)F)c1)C(=O)[C@]1(N2CCNCC2)CCc2ccccc21. The number of carbonyl (C=O) groups is 1. The lowest BCUT2D eigenvalue weighted by Crippen LogP contribution is -2.60. The van der Waals surface area contributed by atoms with Crippen LogP contribution in [-0.2, 0) is 29.5 Å². The van der Waals surface area contributed by atoms with Gasteiger partial charge in [0.1, 0.15) is 11.4 Å². The molecular formula is C23H25F4N3O. The molecule has 4 rings (SSSR count). The Balaban J connectivity index is 1.67. The first kappa shape index (κ1) is 21.8. The number of likely N-dealkylation sites (N-methyl/N-ethyl adjacent to an activating group) is 1. The number of piperazine rings is 1. The normalized spacial score (nSPS) is 21.7. The van der Waals surface area contributed by atoms with Gasteiger partial charge in [-0.1, -0.05) is 24.3 Å². The maximum atomic E-state index is 13.9. The molecule has 2 aromatic rings. The number of alkyl halides is 3. The molecule has 8 heteroatoms. The first-order valence-electron chi connectivity index (χ1n) is 10.4. The maximum absolute atomic E-state index is 13.9. The van der Waals surface area contributed by atoms with Gasteiger partial charge in [-0.25, -0.2) is 4.39 Å². The van der Waals surface area contributed by atoms with Crippen molar-refractivity contribution in [3.05, 3.63) is 70.5 Å². The molecule has 1 aliphatic carbocycles. The zero-order valence-corrected chi connectivity index (χ0v) is 17.3. The molecule has 1 fully saturated rings. The topological polar surface area (TPSA) is 35.6 Å². The molecule has 0 radical (unpaired) electrons. The fourth-order valence-electron chi connectivity index (χ4n) is 4.89. The molecule has 1 heterocycles. The zero-order chi connectivity index (χ0) is 22.2. The van der Waals surface area contributed by atoms with E-state index in [4.69, 9.17) is 0 Å². The van der Waals surface area contributed by atoms with Gasteiger partial charge in [-0.2, -0.15) is 13.2 Å². The van der Waals surface area contributed by atoms with Crippen molar-refractivity contribution in [2.45, 2.75) is 31.1 Å². The highest BCUT2D eigenvalue weighted by molar-refractivity contribution is 5.89. The molecule has 1 amide bonds. The average molecular weight is 435 g/mol. The molecule has 0 aromatic heterocycles. The van der Waals surface area contributed by atoms with E-state index in [0.29, 0.717) is 25.6 Å². The summed E-state index contributed by atoms with van der Waals surface area (Å²) < 4.78 is 53.2. The lowest BCUT2D eigenvalue weighted by molar-refractivity contribution is -0.145. The molecule has 0 spiro atoms. The molecule has 1 aliphatic heterocycles. The number of hydrogen-bond donors (Lipinski definition) is 1. The van der Waals surface area contributed by atoms with E-state index in [0.717, 1.165) is 42.8 Å². The van der Waals surface area contributed by atoms with Crippen molar-refractivity contribution in [2.75, 3.05) is 33.2 Å². The van der Waals surface area contributed by atoms with Crippen molar-refractivity contribution in [3.63, 3.8) is 0 Å². The van der Waals surface area contributed by atoms with Crippen LogP contribution in [0.1, 0.15) is 28.7 Å². The molecule has 0 unspecified atom stereocenters. The number of rotatable bonds is 4. The second kappa shape index (κ2) is 8.24. The predicted octanol–water partition coefficient (Wildman–Crippen LogP) is 3.55. The van der Waals surface area contributed by atoms with E-state index in [1.165, 1.54) is 4.90 Å². The lowest BCUT2D eigenvalue weighted by Gasteiger charge is -2.44. The van der Waals surface area contributed by atoms with Gasteiger partial charge in [-0.3, -0.25) is 9.69 Å². The van der Waals surface area contributed by atoms with Crippen LogP contribution in [0.4, 0.5) is 17.6 Å². The Morgan fingerprint density at radius 3 is 2.58 bits per heavy atom. The van der Waals surface area contributed by atoms with E-state index in [1.807, 2.05) is 24.3 Å². The Morgan fingerprint density at radius 2 is 1.87 bits per heavy atom. The Morgan fingerprint density at radius 1 is 1.16 bits per heavy atom. The fraction of sp³-hybridized carbons (Fsp3) is 0.435. The van der Waals surface area contributed by atoms with Crippen LogP contribution < -0.4 is 5.32 Å². The van der Waals surface area contributed by atoms with Gasteiger partial charge in [0.2, 0.25) is 5.91 Å². The summed E-state index contributed by atoms with van der Waals surface area (Å²) in [5.41, 5.74) is 0.293. The maximum Gasteiger partial charge on any atom is 0.416 e. The van der Waals surface area contributed by atoms with Crippen LogP contribution in [0, 0.1) is 5.82 Å². The van der Waals surface area contributed by atoms with Crippen LogP contribution in [-0.4, -0.2) is 48.9 Å². The average Bonchev–Trinajstić information content (AvgIpc) is 3.13. The summed E-state index contributed by atoms with van der Waals surface area (Å²) in [5.74, 6) is -1.13. The van der Waals surface area contributed by atoms with Crippen LogP contribution in [0.15, 0.2) is 42.5 Å².